The lowest BCUT2D eigenvalue weighted by molar-refractivity contribution is -0.156. The highest BCUT2D eigenvalue weighted by atomic mass is 19.4. The minimum atomic E-state index is -4.68. The van der Waals surface area contributed by atoms with Crippen LogP contribution in [0.2, 0.25) is 0 Å². The fourth-order valence-corrected chi connectivity index (χ4v) is 1.49. The molecule has 5 nitrogen and oxygen atoms in total. The van der Waals surface area contributed by atoms with Gasteiger partial charge in [-0.2, -0.15) is 23.4 Å². The van der Waals surface area contributed by atoms with E-state index in [-0.39, 0.29) is 11.6 Å². The lowest BCUT2D eigenvalue weighted by Crippen LogP contribution is -2.36. The Hall–Kier alpha value is -1.75. The molecular formula is C9H8F3N3O2. The molecule has 1 aliphatic heterocycles. The van der Waals surface area contributed by atoms with Crippen molar-refractivity contribution < 1.29 is 22.3 Å². The molecule has 1 saturated heterocycles. The second-order valence-electron chi connectivity index (χ2n) is 3.38. The zero-order valence-electron chi connectivity index (χ0n) is 8.62. The van der Waals surface area contributed by atoms with Crippen LogP contribution in [0.25, 0.3) is 0 Å². The summed E-state index contributed by atoms with van der Waals surface area (Å²) in [5.74, 6) is -1.53. The minimum absolute atomic E-state index is 0.136. The van der Waals surface area contributed by atoms with Crippen LogP contribution in [0.4, 0.5) is 19.1 Å². The van der Waals surface area contributed by atoms with Crippen molar-refractivity contribution in [2.75, 3.05) is 31.2 Å². The lowest BCUT2D eigenvalue weighted by atomic mass is 10.4. The van der Waals surface area contributed by atoms with Crippen molar-refractivity contribution in [3.8, 4) is 6.07 Å². The largest absolute Gasteiger partial charge is 0.469 e. The number of hydrogen-bond donors (Lipinski definition) is 0. The monoisotopic (exact) mass is 247 g/mol. The van der Waals surface area contributed by atoms with Gasteiger partial charge in [0.05, 0.1) is 13.2 Å². The standard InChI is InChI=1S/C9H8F3N3O2/c10-9(11,12)8-14-6(5-13)7(17-8)15-1-3-16-4-2-15/h1-4H2. The highest BCUT2D eigenvalue weighted by Crippen LogP contribution is 2.33. The van der Waals surface area contributed by atoms with Crippen LogP contribution in [0.5, 0.6) is 0 Å². The first-order chi connectivity index (χ1) is 8.02. The Morgan fingerprint density at radius 2 is 1.94 bits per heavy atom. The molecule has 92 valence electrons. The SMILES string of the molecule is N#Cc1nc(C(F)(F)F)oc1N1CCOCC1. The number of morpholine rings is 1. The van der Waals surface area contributed by atoms with Crippen molar-refractivity contribution in [1.82, 2.24) is 4.98 Å². The molecule has 0 unspecified atom stereocenters. The average molecular weight is 247 g/mol. The Labute approximate surface area is 94.4 Å². The molecule has 0 amide bonds. The molecule has 0 aliphatic carbocycles. The third-order valence-electron chi connectivity index (χ3n) is 2.26. The van der Waals surface area contributed by atoms with Gasteiger partial charge in [-0.15, -0.1) is 0 Å². The average Bonchev–Trinajstić information content (AvgIpc) is 2.73. The van der Waals surface area contributed by atoms with Crippen molar-refractivity contribution in [1.29, 1.82) is 5.26 Å². The summed E-state index contributed by atoms with van der Waals surface area (Å²) in [5.41, 5.74) is -0.348. The van der Waals surface area contributed by atoms with Gasteiger partial charge in [-0.05, 0) is 0 Å². The van der Waals surface area contributed by atoms with Crippen molar-refractivity contribution >= 4 is 5.88 Å². The fraction of sp³-hybridized carbons (Fsp3) is 0.556. The molecule has 1 aromatic heterocycles. The molecule has 17 heavy (non-hydrogen) atoms. The zero-order valence-corrected chi connectivity index (χ0v) is 8.62. The number of nitrogens with zero attached hydrogens (tertiary/aromatic N) is 3. The van der Waals surface area contributed by atoms with Crippen molar-refractivity contribution in [3.63, 3.8) is 0 Å². The quantitative estimate of drug-likeness (QED) is 0.750. The van der Waals surface area contributed by atoms with Gasteiger partial charge in [-0.25, -0.2) is 0 Å². The second-order valence-corrected chi connectivity index (χ2v) is 3.38. The van der Waals surface area contributed by atoms with Gasteiger partial charge < -0.3 is 14.1 Å². The third-order valence-corrected chi connectivity index (χ3v) is 2.26. The lowest BCUT2D eigenvalue weighted by Gasteiger charge is -2.25. The number of oxazole rings is 1. The summed E-state index contributed by atoms with van der Waals surface area (Å²) in [6.45, 7) is 1.52. The second kappa shape index (κ2) is 4.25. The molecule has 2 heterocycles. The van der Waals surface area contributed by atoms with Crippen LogP contribution < -0.4 is 4.90 Å². The molecule has 2 rings (SSSR count). The summed E-state index contributed by atoms with van der Waals surface area (Å²) in [6, 6.07) is 1.60. The number of hydrogen-bond acceptors (Lipinski definition) is 5. The van der Waals surface area contributed by atoms with Crippen LogP contribution in [0.3, 0.4) is 0 Å². The highest BCUT2D eigenvalue weighted by Gasteiger charge is 2.39. The summed E-state index contributed by atoms with van der Waals surface area (Å²) in [7, 11) is 0. The summed E-state index contributed by atoms with van der Waals surface area (Å²) < 4.78 is 46.8. The normalized spacial score (nSPS) is 16.9. The van der Waals surface area contributed by atoms with Gasteiger partial charge in [0, 0.05) is 13.1 Å². The Kier molecular flexibility index (Phi) is 2.93. The molecule has 0 aromatic carbocycles. The van der Waals surface area contributed by atoms with Crippen LogP contribution in [0.1, 0.15) is 11.6 Å². The number of aromatic nitrogens is 1. The maximum absolute atomic E-state index is 12.4. The van der Waals surface area contributed by atoms with E-state index in [1.807, 2.05) is 0 Å². The predicted octanol–water partition coefficient (Wildman–Crippen LogP) is 1.40. The van der Waals surface area contributed by atoms with E-state index in [4.69, 9.17) is 10.00 Å². The Bertz CT molecular complexity index is 443. The van der Waals surface area contributed by atoms with Gasteiger partial charge in [0.1, 0.15) is 6.07 Å². The van der Waals surface area contributed by atoms with E-state index >= 15 is 0 Å². The summed E-state index contributed by atoms with van der Waals surface area (Å²) in [4.78, 5) is 4.66. The highest BCUT2D eigenvalue weighted by molar-refractivity contribution is 5.48. The van der Waals surface area contributed by atoms with E-state index in [1.54, 1.807) is 6.07 Å². The Morgan fingerprint density at radius 3 is 2.47 bits per heavy atom. The predicted molar refractivity (Wildman–Crippen MR) is 49.3 cm³/mol. The van der Waals surface area contributed by atoms with Gasteiger partial charge in [0.2, 0.25) is 11.6 Å². The van der Waals surface area contributed by atoms with Crippen LogP contribution in [0, 0.1) is 11.3 Å². The Balaban J connectivity index is 2.33. The first kappa shape index (κ1) is 11.7. The molecule has 0 saturated carbocycles. The number of alkyl halides is 3. The fourth-order valence-electron chi connectivity index (χ4n) is 1.49. The zero-order chi connectivity index (χ0) is 12.5. The molecular weight excluding hydrogens is 239 g/mol. The van der Waals surface area contributed by atoms with Crippen LogP contribution >= 0.6 is 0 Å². The van der Waals surface area contributed by atoms with Gasteiger partial charge in [-0.1, -0.05) is 0 Å². The number of nitriles is 1. The Morgan fingerprint density at radius 1 is 1.29 bits per heavy atom. The first-order valence-corrected chi connectivity index (χ1v) is 4.83. The molecule has 1 aromatic rings. The molecule has 0 N–H and O–H groups in total. The van der Waals surface area contributed by atoms with Crippen molar-refractivity contribution in [2.45, 2.75) is 6.18 Å². The van der Waals surface area contributed by atoms with Crippen molar-refractivity contribution in [2.24, 2.45) is 0 Å². The van der Waals surface area contributed by atoms with E-state index in [9.17, 15) is 13.2 Å². The minimum Gasteiger partial charge on any atom is -0.415 e. The summed E-state index contributed by atoms with van der Waals surface area (Å²) in [6.07, 6.45) is -4.68. The maximum atomic E-state index is 12.4. The van der Waals surface area contributed by atoms with Crippen LogP contribution in [-0.4, -0.2) is 31.3 Å². The van der Waals surface area contributed by atoms with E-state index in [0.717, 1.165) is 0 Å². The van der Waals surface area contributed by atoms with Gasteiger partial charge in [-0.3, -0.25) is 0 Å². The molecule has 1 aliphatic rings. The van der Waals surface area contributed by atoms with Crippen LogP contribution in [-0.2, 0) is 10.9 Å². The summed E-state index contributed by atoms with van der Waals surface area (Å²) in [5, 5.41) is 8.73. The first-order valence-electron chi connectivity index (χ1n) is 4.83. The van der Waals surface area contributed by atoms with E-state index in [1.165, 1.54) is 4.90 Å². The van der Waals surface area contributed by atoms with Crippen LogP contribution in [0.15, 0.2) is 4.42 Å². The van der Waals surface area contributed by atoms with E-state index in [2.05, 4.69) is 9.40 Å². The van der Waals surface area contributed by atoms with Gasteiger partial charge in [0.15, 0.2) is 0 Å². The molecule has 0 radical (unpaired) electrons. The smallest absolute Gasteiger partial charge is 0.415 e. The number of ether oxygens (including phenoxy) is 1. The van der Waals surface area contributed by atoms with E-state index in [0.29, 0.717) is 26.3 Å². The molecule has 0 atom stereocenters. The molecule has 1 fully saturated rings. The van der Waals surface area contributed by atoms with E-state index < -0.39 is 12.1 Å². The number of anilines is 1. The number of halogens is 3. The van der Waals surface area contributed by atoms with Crippen molar-refractivity contribution in [3.05, 3.63) is 11.6 Å². The molecule has 0 spiro atoms. The third kappa shape index (κ3) is 2.34. The topological polar surface area (TPSA) is 62.3 Å². The molecule has 0 bridgehead atoms. The van der Waals surface area contributed by atoms with Gasteiger partial charge in [0.25, 0.3) is 0 Å². The molecule has 8 heteroatoms. The maximum Gasteiger partial charge on any atom is 0.469 e. The number of rotatable bonds is 1. The summed E-state index contributed by atoms with van der Waals surface area (Å²) >= 11 is 0. The van der Waals surface area contributed by atoms with Gasteiger partial charge >= 0.3 is 12.1 Å².